The van der Waals surface area contributed by atoms with Crippen molar-refractivity contribution in [2.24, 2.45) is 22.6 Å². The molecule has 3 N–H and O–H groups in total. The third-order valence-corrected chi connectivity index (χ3v) is 7.18. The van der Waals surface area contributed by atoms with Crippen molar-refractivity contribution in [3.8, 4) is 5.75 Å². The monoisotopic (exact) mass is 463 g/mol. The van der Waals surface area contributed by atoms with Crippen molar-refractivity contribution in [2.45, 2.75) is 63.8 Å². The van der Waals surface area contributed by atoms with Gasteiger partial charge in [-0.15, -0.1) is 0 Å². The first kappa shape index (κ1) is 24.4. The molecule has 182 valence electrons. The van der Waals surface area contributed by atoms with Gasteiger partial charge in [0, 0.05) is 29.8 Å². The fraction of sp³-hybridized carbons (Fsp3) is 0.500. The minimum Gasteiger partial charge on any atom is -0.497 e. The number of aliphatic imine (C=N–C) groups is 1. The predicted octanol–water partition coefficient (Wildman–Crippen LogP) is 4.17. The zero-order valence-electron chi connectivity index (χ0n) is 20.5. The van der Waals surface area contributed by atoms with Crippen LogP contribution >= 0.6 is 0 Å². The van der Waals surface area contributed by atoms with Gasteiger partial charge in [0.15, 0.2) is 5.78 Å². The Kier molecular flexibility index (Phi) is 7.69. The molecule has 2 aromatic carbocycles. The average molecular weight is 464 g/mol. The smallest absolute Gasteiger partial charge is 0.166 e. The van der Waals surface area contributed by atoms with Gasteiger partial charge in [-0.05, 0) is 37.0 Å². The Morgan fingerprint density at radius 2 is 1.97 bits per heavy atom. The Morgan fingerprint density at radius 3 is 2.62 bits per heavy atom. The van der Waals surface area contributed by atoms with E-state index in [0.717, 1.165) is 54.0 Å². The molecule has 0 saturated heterocycles. The number of benzodiazepines with no additional fused rings is 1. The summed E-state index contributed by atoms with van der Waals surface area (Å²) >= 11 is 0. The second kappa shape index (κ2) is 10.7. The Morgan fingerprint density at radius 1 is 1.24 bits per heavy atom. The lowest BCUT2D eigenvalue weighted by molar-refractivity contribution is -0.128. The van der Waals surface area contributed by atoms with E-state index in [4.69, 9.17) is 15.5 Å². The molecule has 4 unspecified atom stereocenters. The van der Waals surface area contributed by atoms with E-state index in [1.165, 1.54) is 0 Å². The normalized spacial score (nSPS) is 21.8. The number of hydrogen-bond donors (Lipinski definition) is 2. The number of carbonyl (C=O) groups is 1. The highest BCUT2D eigenvalue weighted by atomic mass is 16.5. The van der Waals surface area contributed by atoms with E-state index in [1.54, 1.807) is 7.11 Å². The molecule has 0 radical (unpaired) electrons. The van der Waals surface area contributed by atoms with Crippen LogP contribution in [0.25, 0.3) is 0 Å². The molecule has 1 heterocycles. The molecule has 1 aliphatic carbocycles. The van der Waals surface area contributed by atoms with Crippen LogP contribution in [0.4, 0.5) is 5.69 Å². The van der Waals surface area contributed by atoms with E-state index in [9.17, 15) is 9.90 Å². The summed E-state index contributed by atoms with van der Waals surface area (Å²) in [5.74, 6) is 0.739. The molecule has 2 aliphatic rings. The number of rotatable bonds is 10. The van der Waals surface area contributed by atoms with Gasteiger partial charge >= 0.3 is 0 Å². The van der Waals surface area contributed by atoms with Gasteiger partial charge in [-0.1, -0.05) is 62.9 Å². The first-order valence-corrected chi connectivity index (χ1v) is 12.5. The molecule has 0 bridgehead atoms. The summed E-state index contributed by atoms with van der Waals surface area (Å²) in [6.45, 7) is 2.10. The number of fused-ring (bicyclic) bond motifs is 1. The second-order valence-electron chi connectivity index (χ2n) is 9.67. The van der Waals surface area contributed by atoms with Crippen LogP contribution in [0.5, 0.6) is 5.75 Å². The van der Waals surface area contributed by atoms with E-state index in [-0.39, 0.29) is 5.78 Å². The maximum absolute atomic E-state index is 14.0. The molecule has 34 heavy (non-hydrogen) atoms. The molecule has 1 fully saturated rings. The second-order valence-corrected chi connectivity index (χ2v) is 9.67. The Labute approximate surface area is 202 Å². The molecular weight excluding hydrogens is 426 g/mol. The van der Waals surface area contributed by atoms with E-state index in [1.807, 2.05) is 60.5 Å². The van der Waals surface area contributed by atoms with Crippen molar-refractivity contribution >= 4 is 17.2 Å². The molecular formula is C28H37N3O3. The number of ether oxygens (including phenoxy) is 1. The summed E-state index contributed by atoms with van der Waals surface area (Å²) in [7, 11) is 3.54. The summed E-state index contributed by atoms with van der Waals surface area (Å²) in [5.41, 5.74) is 10.1. The molecule has 6 heteroatoms. The molecule has 1 aliphatic heterocycles. The molecule has 1 saturated carbocycles. The Hall–Kier alpha value is -2.70. The van der Waals surface area contributed by atoms with Gasteiger partial charge in [0.1, 0.15) is 18.0 Å². The summed E-state index contributed by atoms with van der Waals surface area (Å²) in [4.78, 5) is 21.0. The van der Waals surface area contributed by atoms with Crippen molar-refractivity contribution in [3.05, 3.63) is 59.7 Å². The molecule has 0 spiro atoms. The highest BCUT2D eigenvalue weighted by Gasteiger charge is 2.41. The van der Waals surface area contributed by atoms with E-state index >= 15 is 0 Å². The summed E-state index contributed by atoms with van der Waals surface area (Å²) < 4.78 is 5.49. The fourth-order valence-corrected chi connectivity index (χ4v) is 4.86. The van der Waals surface area contributed by atoms with Crippen LogP contribution in [-0.4, -0.2) is 49.1 Å². The highest BCUT2D eigenvalue weighted by molar-refractivity contribution is 6.17. The van der Waals surface area contributed by atoms with Crippen molar-refractivity contribution < 1.29 is 14.6 Å². The van der Waals surface area contributed by atoms with Crippen LogP contribution < -0.4 is 15.4 Å². The molecule has 6 nitrogen and oxygen atoms in total. The van der Waals surface area contributed by atoms with Gasteiger partial charge in [-0.3, -0.25) is 9.79 Å². The number of likely N-dealkylation sites (N-methyl/N-ethyl adjacent to an activating group) is 1. The van der Waals surface area contributed by atoms with E-state index < -0.39 is 24.2 Å². The first-order valence-electron chi connectivity index (χ1n) is 12.5. The summed E-state index contributed by atoms with van der Waals surface area (Å²) in [5, 5.41) is 11.0. The van der Waals surface area contributed by atoms with Gasteiger partial charge in [-0.2, -0.15) is 0 Å². The maximum atomic E-state index is 14.0. The quantitative estimate of drug-likeness (QED) is 0.552. The number of aliphatic hydroxyl groups is 1. The molecule has 4 atom stereocenters. The zero-order valence-corrected chi connectivity index (χ0v) is 20.5. The number of benzene rings is 2. The fourth-order valence-electron chi connectivity index (χ4n) is 4.86. The molecule has 0 aromatic heterocycles. The van der Waals surface area contributed by atoms with Crippen LogP contribution in [0.15, 0.2) is 53.5 Å². The maximum Gasteiger partial charge on any atom is 0.166 e. The number of hydrogen-bond acceptors (Lipinski definition) is 6. The third kappa shape index (κ3) is 5.18. The van der Waals surface area contributed by atoms with E-state index in [0.29, 0.717) is 18.8 Å². The largest absolute Gasteiger partial charge is 0.497 e. The van der Waals surface area contributed by atoms with Crippen LogP contribution in [0, 0.1) is 11.8 Å². The van der Waals surface area contributed by atoms with Crippen molar-refractivity contribution in [3.63, 3.8) is 0 Å². The number of ketones is 1. The molecule has 4 rings (SSSR count). The van der Waals surface area contributed by atoms with Crippen molar-refractivity contribution in [1.29, 1.82) is 0 Å². The SMILES string of the molecule is CCCCC(O)C(CC1CC1)C(=O)C1N=C(c2ccccc2)c2cc(OC)ccc2N(C)C1N. The lowest BCUT2D eigenvalue weighted by Gasteiger charge is -2.32. The van der Waals surface area contributed by atoms with Gasteiger partial charge in [0.25, 0.3) is 0 Å². The number of nitrogens with two attached hydrogens (primary N) is 1. The van der Waals surface area contributed by atoms with Crippen LogP contribution in [0.1, 0.15) is 56.6 Å². The Balaban J connectivity index is 1.78. The first-order chi connectivity index (χ1) is 16.4. The highest BCUT2D eigenvalue weighted by Crippen LogP contribution is 2.39. The number of nitrogens with zero attached hydrogens (tertiary/aromatic N) is 2. The van der Waals surface area contributed by atoms with Gasteiger partial charge in [0.05, 0.1) is 18.9 Å². The lowest BCUT2D eigenvalue weighted by atomic mass is 9.85. The van der Waals surface area contributed by atoms with Gasteiger partial charge in [0.2, 0.25) is 0 Å². The van der Waals surface area contributed by atoms with Crippen LogP contribution in [0.2, 0.25) is 0 Å². The zero-order chi connectivity index (χ0) is 24.2. The number of aliphatic hydroxyl groups excluding tert-OH is 1. The number of carbonyl (C=O) groups excluding carboxylic acids is 1. The number of unbranched alkanes of at least 4 members (excludes halogenated alkanes) is 1. The topological polar surface area (TPSA) is 88.2 Å². The average Bonchev–Trinajstić information content (AvgIpc) is 3.70. The number of anilines is 1. The summed E-state index contributed by atoms with van der Waals surface area (Å²) in [6, 6.07) is 14.9. The lowest BCUT2D eigenvalue weighted by Crippen LogP contribution is -2.53. The van der Waals surface area contributed by atoms with Gasteiger partial charge in [-0.25, -0.2) is 0 Å². The summed E-state index contributed by atoms with van der Waals surface area (Å²) in [6.07, 6.45) is 4.19. The van der Waals surface area contributed by atoms with Crippen LogP contribution in [0.3, 0.4) is 0 Å². The molecule has 2 aromatic rings. The van der Waals surface area contributed by atoms with E-state index in [2.05, 4.69) is 6.92 Å². The molecule has 0 amide bonds. The van der Waals surface area contributed by atoms with Crippen molar-refractivity contribution in [2.75, 3.05) is 19.1 Å². The van der Waals surface area contributed by atoms with Crippen molar-refractivity contribution in [1.82, 2.24) is 0 Å². The minimum absolute atomic E-state index is 0.0527. The number of methoxy groups -OCH3 is 1. The van der Waals surface area contributed by atoms with Gasteiger partial charge < -0.3 is 20.5 Å². The minimum atomic E-state index is -0.779. The van der Waals surface area contributed by atoms with Crippen LogP contribution in [-0.2, 0) is 4.79 Å². The third-order valence-electron chi connectivity index (χ3n) is 7.18. The predicted molar refractivity (Wildman–Crippen MR) is 137 cm³/mol. The number of Topliss-reactive ketones (excluding diaryl/α,β-unsaturated/α-hetero) is 1. The standard InChI is InChI=1S/C28H37N3O3/c1-4-5-11-24(32)22(16-18-12-13-18)27(33)26-28(29)31(2)23-15-14-20(34-3)17-21(23)25(30-26)19-9-7-6-8-10-19/h6-10,14-15,17-18,22,24,26,28,32H,4-5,11-13,16,29H2,1-3H3. The Bertz CT molecular complexity index is 1020.